The van der Waals surface area contributed by atoms with Crippen LogP contribution in [0.4, 0.5) is 0 Å². The van der Waals surface area contributed by atoms with E-state index in [0.29, 0.717) is 23.9 Å². The summed E-state index contributed by atoms with van der Waals surface area (Å²) in [7, 11) is 0. The summed E-state index contributed by atoms with van der Waals surface area (Å²) in [5.74, 6) is 0.968. The van der Waals surface area contributed by atoms with Crippen molar-refractivity contribution in [1.82, 2.24) is 20.3 Å². The van der Waals surface area contributed by atoms with E-state index < -0.39 is 0 Å². The molecule has 0 bridgehead atoms. The number of hydrogen-bond acceptors (Lipinski definition) is 5. The Labute approximate surface area is 166 Å². The van der Waals surface area contributed by atoms with Crippen molar-refractivity contribution in [3.63, 3.8) is 0 Å². The molecule has 148 valence electrons. The van der Waals surface area contributed by atoms with Gasteiger partial charge in [0.15, 0.2) is 5.69 Å². The Hall–Kier alpha value is -2.12. The number of benzene rings is 1. The van der Waals surface area contributed by atoms with Gasteiger partial charge in [-0.2, -0.15) is 0 Å². The topological polar surface area (TPSA) is 95.1 Å². The Balaban J connectivity index is 0.00000261. The van der Waals surface area contributed by atoms with Crippen molar-refractivity contribution in [3.8, 4) is 11.4 Å². The maximum Gasteiger partial charge on any atom is 0.273 e. The molecule has 3 rings (SSSR count). The minimum Gasteiger partial charge on any atom is -0.491 e. The van der Waals surface area contributed by atoms with Crippen LogP contribution >= 0.6 is 12.4 Å². The maximum atomic E-state index is 12.6. The van der Waals surface area contributed by atoms with E-state index in [1.807, 2.05) is 45.0 Å². The highest BCUT2D eigenvalue weighted by Gasteiger charge is 2.29. The zero-order chi connectivity index (χ0) is 18.7. The Morgan fingerprint density at radius 2 is 2.04 bits per heavy atom. The second-order valence-electron chi connectivity index (χ2n) is 7.10. The minimum absolute atomic E-state index is 0. The molecule has 1 amide bonds. The molecule has 3 N–H and O–H groups in total. The molecule has 1 aromatic heterocycles. The molecule has 1 heterocycles. The smallest absolute Gasteiger partial charge is 0.273 e. The molecular weight excluding hydrogens is 366 g/mol. The van der Waals surface area contributed by atoms with E-state index in [0.717, 1.165) is 30.7 Å². The van der Waals surface area contributed by atoms with Crippen LogP contribution in [0.3, 0.4) is 0 Å². The molecule has 2 atom stereocenters. The number of rotatable bonds is 6. The molecule has 0 saturated heterocycles. The van der Waals surface area contributed by atoms with Crippen LogP contribution in [-0.4, -0.2) is 39.6 Å². The molecule has 2 unspecified atom stereocenters. The van der Waals surface area contributed by atoms with E-state index in [2.05, 4.69) is 15.6 Å². The summed E-state index contributed by atoms with van der Waals surface area (Å²) in [6.45, 7) is 6.42. The molecule has 1 aliphatic rings. The van der Waals surface area contributed by atoms with Crippen LogP contribution in [0.2, 0.25) is 0 Å². The SMILES string of the molecule is Cc1c(C(=O)NC2CCCC2CN)nnn1-c1ccc(OC(C)C)cc1.Cl. The van der Waals surface area contributed by atoms with Crippen molar-refractivity contribution < 1.29 is 9.53 Å². The van der Waals surface area contributed by atoms with Crippen LogP contribution in [0, 0.1) is 12.8 Å². The highest BCUT2D eigenvalue weighted by atomic mass is 35.5. The molecule has 0 aliphatic heterocycles. The van der Waals surface area contributed by atoms with E-state index in [9.17, 15) is 4.79 Å². The van der Waals surface area contributed by atoms with E-state index in [1.165, 1.54) is 0 Å². The van der Waals surface area contributed by atoms with Gasteiger partial charge in [-0.1, -0.05) is 11.6 Å². The van der Waals surface area contributed by atoms with Crippen molar-refractivity contribution in [2.24, 2.45) is 11.7 Å². The number of nitrogens with one attached hydrogen (secondary N) is 1. The quantitative estimate of drug-likeness (QED) is 0.786. The van der Waals surface area contributed by atoms with Crippen molar-refractivity contribution >= 4 is 18.3 Å². The van der Waals surface area contributed by atoms with Crippen molar-refractivity contribution in [2.45, 2.75) is 52.2 Å². The van der Waals surface area contributed by atoms with Gasteiger partial charge in [0.2, 0.25) is 0 Å². The van der Waals surface area contributed by atoms with E-state index in [1.54, 1.807) is 4.68 Å². The van der Waals surface area contributed by atoms with Gasteiger partial charge in [0.05, 0.1) is 17.5 Å². The van der Waals surface area contributed by atoms with E-state index >= 15 is 0 Å². The number of hydrogen-bond donors (Lipinski definition) is 2. The molecule has 1 fully saturated rings. The molecule has 8 heteroatoms. The molecular formula is C19H28ClN5O2. The lowest BCUT2D eigenvalue weighted by molar-refractivity contribution is 0.0923. The number of ether oxygens (including phenoxy) is 1. The Morgan fingerprint density at radius 3 is 2.67 bits per heavy atom. The van der Waals surface area contributed by atoms with Gasteiger partial charge in [0.1, 0.15) is 5.75 Å². The third-order valence-electron chi connectivity index (χ3n) is 4.84. The first-order valence-corrected chi connectivity index (χ1v) is 9.20. The van der Waals surface area contributed by atoms with Crippen LogP contribution < -0.4 is 15.8 Å². The lowest BCUT2D eigenvalue weighted by Crippen LogP contribution is -2.40. The zero-order valence-electron chi connectivity index (χ0n) is 16.0. The van der Waals surface area contributed by atoms with Crippen molar-refractivity contribution in [3.05, 3.63) is 35.7 Å². The van der Waals surface area contributed by atoms with Gasteiger partial charge in [-0.25, -0.2) is 4.68 Å². The van der Waals surface area contributed by atoms with Gasteiger partial charge in [-0.05, 0) is 70.3 Å². The second kappa shape index (κ2) is 9.19. The first kappa shape index (κ1) is 21.2. The van der Waals surface area contributed by atoms with Crippen LogP contribution in [0.25, 0.3) is 5.69 Å². The van der Waals surface area contributed by atoms with Crippen molar-refractivity contribution in [2.75, 3.05) is 6.54 Å². The first-order chi connectivity index (χ1) is 12.5. The molecule has 1 saturated carbocycles. The fourth-order valence-corrected chi connectivity index (χ4v) is 3.47. The summed E-state index contributed by atoms with van der Waals surface area (Å²) in [4.78, 5) is 12.6. The molecule has 7 nitrogen and oxygen atoms in total. The summed E-state index contributed by atoms with van der Waals surface area (Å²) in [6.07, 6.45) is 3.26. The van der Waals surface area contributed by atoms with Gasteiger partial charge in [0.25, 0.3) is 5.91 Å². The van der Waals surface area contributed by atoms with Gasteiger partial charge >= 0.3 is 0 Å². The maximum absolute atomic E-state index is 12.6. The number of halogens is 1. The average molecular weight is 394 g/mol. The largest absolute Gasteiger partial charge is 0.491 e. The molecule has 2 aromatic rings. The van der Waals surface area contributed by atoms with Gasteiger partial charge < -0.3 is 15.8 Å². The van der Waals surface area contributed by atoms with Crippen LogP contribution in [0.5, 0.6) is 5.75 Å². The summed E-state index contributed by atoms with van der Waals surface area (Å²) in [6, 6.07) is 7.72. The minimum atomic E-state index is -0.182. The lowest BCUT2D eigenvalue weighted by Gasteiger charge is -2.18. The number of nitrogens with zero attached hydrogens (tertiary/aromatic N) is 3. The van der Waals surface area contributed by atoms with Gasteiger partial charge in [-0.3, -0.25) is 4.79 Å². The van der Waals surface area contributed by atoms with E-state index in [-0.39, 0.29) is 30.5 Å². The zero-order valence-corrected chi connectivity index (χ0v) is 16.8. The summed E-state index contributed by atoms with van der Waals surface area (Å²) < 4.78 is 7.32. The summed E-state index contributed by atoms with van der Waals surface area (Å²) in [5, 5.41) is 11.3. The molecule has 0 spiro atoms. The number of aromatic nitrogens is 3. The Morgan fingerprint density at radius 1 is 1.33 bits per heavy atom. The van der Waals surface area contributed by atoms with Crippen LogP contribution in [0.15, 0.2) is 24.3 Å². The molecule has 0 radical (unpaired) electrons. The molecule has 1 aliphatic carbocycles. The lowest BCUT2D eigenvalue weighted by atomic mass is 10.0. The number of amides is 1. The van der Waals surface area contributed by atoms with Crippen LogP contribution in [0.1, 0.15) is 49.3 Å². The second-order valence-corrected chi connectivity index (χ2v) is 7.10. The number of carbonyl (C=O) groups is 1. The van der Waals surface area contributed by atoms with E-state index in [4.69, 9.17) is 10.5 Å². The standard InChI is InChI=1S/C19H27N5O2.ClH/c1-12(2)26-16-9-7-15(8-10-16)24-13(3)18(22-23-24)19(25)21-17-6-4-5-14(17)11-20;/h7-10,12,14,17H,4-6,11,20H2,1-3H3,(H,21,25);1H. The monoisotopic (exact) mass is 393 g/mol. The predicted molar refractivity (Wildman–Crippen MR) is 107 cm³/mol. The predicted octanol–water partition coefficient (Wildman–Crippen LogP) is 2.64. The van der Waals surface area contributed by atoms with Gasteiger partial charge in [-0.15, -0.1) is 17.5 Å². The summed E-state index contributed by atoms with van der Waals surface area (Å²) in [5.41, 5.74) is 7.70. The van der Waals surface area contributed by atoms with Crippen molar-refractivity contribution in [1.29, 1.82) is 0 Å². The first-order valence-electron chi connectivity index (χ1n) is 9.20. The summed E-state index contributed by atoms with van der Waals surface area (Å²) >= 11 is 0. The number of nitrogens with two attached hydrogens (primary N) is 1. The number of carbonyl (C=O) groups excluding carboxylic acids is 1. The average Bonchev–Trinajstić information content (AvgIpc) is 3.21. The highest BCUT2D eigenvalue weighted by molar-refractivity contribution is 5.93. The Kier molecular flexibility index (Phi) is 7.21. The Bertz CT molecular complexity index is 760. The fourth-order valence-electron chi connectivity index (χ4n) is 3.47. The third kappa shape index (κ3) is 4.78. The normalized spacial score (nSPS) is 19.0. The van der Waals surface area contributed by atoms with Gasteiger partial charge in [0, 0.05) is 6.04 Å². The fraction of sp³-hybridized carbons (Fsp3) is 0.526. The molecule has 1 aromatic carbocycles. The third-order valence-corrected chi connectivity index (χ3v) is 4.84. The van der Waals surface area contributed by atoms with Crippen LogP contribution in [-0.2, 0) is 0 Å². The highest BCUT2D eigenvalue weighted by Crippen LogP contribution is 2.25. The molecule has 27 heavy (non-hydrogen) atoms.